The number of nitrogens with zero attached hydrogens (tertiary/aromatic N) is 2. The third-order valence-electron chi connectivity index (χ3n) is 2.08. The first-order valence-corrected chi connectivity index (χ1v) is 5.89. The highest BCUT2D eigenvalue weighted by Crippen LogP contribution is 2.24. The Morgan fingerprint density at radius 1 is 1.35 bits per heavy atom. The van der Waals surface area contributed by atoms with Crippen LogP contribution < -0.4 is 5.73 Å². The molecule has 2 N–H and O–H groups in total. The van der Waals surface area contributed by atoms with Crippen LogP contribution in [0, 0.1) is 0 Å². The molecule has 0 saturated heterocycles. The average molecular weight is 249 g/mol. The van der Waals surface area contributed by atoms with Crippen LogP contribution in [-0.2, 0) is 4.74 Å². The van der Waals surface area contributed by atoms with Crippen molar-refractivity contribution in [3.8, 4) is 10.6 Å². The second-order valence-electron chi connectivity index (χ2n) is 3.24. The summed E-state index contributed by atoms with van der Waals surface area (Å²) in [4.78, 5) is 11.4. The molecule has 0 spiro atoms. The first-order valence-electron chi connectivity index (χ1n) is 5.07. The lowest BCUT2D eigenvalue weighted by atomic mass is 10.1. The van der Waals surface area contributed by atoms with Crippen molar-refractivity contribution in [2.75, 3.05) is 12.3 Å². The molecular formula is C11H11N3O2S. The number of carbonyl (C=O) groups excluding carboxylic acids is 1. The van der Waals surface area contributed by atoms with E-state index in [1.807, 2.05) is 0 Å². The molecule has 2 aromatic rings. The van der Waals surface area contributed by atoms with Gasteiger partial charge in [0.1, 0.15) is 5.01 Å². The van der Waals surface area contributed by atoms with Gasteiger partial charge in [-0.15, -0.1) is 10.2 Å². The summed E-state index contributed by atoms with van der Waals surface area (Å²) in [7, 11) is 0. The molecule has 0 aliphatic rings. The van der Waals surface area contributed by atoms with E-state index in [1.54, 1.807) is 31.2 Å². The predicted molar refractivity (Wildman–Crippen MR) is 65.7 cm³/mol. The van der Waals surface area contributed by atoms with E-state index in [9.17, 15) is 4.79 Å². The molecule has 1 heterocycles. The van der Waals surface area contributed by atoms with Crippen LogP contribution in [0.3, 0.4) is 0 Å². The number of hydrogen-bond donors (Lipinski definition) is 1. The Kier molecular flexibility index (Phi) is 3.34. The van der Waals surface area contributed by atoms with Crippen LogP contribution in [-0.4, -0.2) is 22.8 Å². The van der Waals surface area contributed by atoms with Gasteiger partial charge in [0, 0.05) is 5.56 Å². The van der Waals surface area contributed by atoms with Gasteiger partial charge < -0.3 is 10.5 Å². The van der Waals surface area contributed by atoms with Gasteiger partial charge >= 0.3 is 5.97 Å². The summed E-state index contributed by atoms with van der Waals surface area (Å²) in [6.07, 6.45) is 0. The van der Waals surface area contributed by atoms with Crippen LogP contribution in [0.1, 0.15) is 17.3 Å². The SMILES string of the molecule is CCOC(=O)c1ccc(-c2nnc(N)s2)cc1. The maximum Gasteiger partial charge on any atom is 0.338 e. The van der Waals surface area contributed by atoms with E-state index in [0.29, 0.717) is 17.3 Å². The predicted octanol–water partition coefficient (Wildman–Crippen LogP) is 1.96. The molecule has 17 heavy (non-hydrogen) atoms. The molecular weight excluding hydrogens is 238 g/mol. The lowest BCUT2D eigenvalue weighted by Crippen LogP contribution is -2.03. The molecule has 0 amide bonds. The van der Waals surface area contributed by atoms with Gasteiger partial charge in [-0.25, -0.2) is 4.79 Å². The standard InChI is InChI=1S/C11H11N3O2S/c1-2-16-10(15)8-5-3-7(4-6-8)9-13-14-11(12)17-9/h3-6H,2H2,1H3,(H2,12,14). The minimum atomic E-state index is -0.323. The number of aromatic nitrogens is 2. The summed E-state index contributed by atoms with van der Waals surface area (Å²) in [6.45, 7) is 2.14. The Hall–Kier alpha value is -1.95. The Morgan fingerprint density at radius 2 is 2.06 bits per heavy atom. The Morgan fingerprint density at radius 3 is 2.59 bits per heavy atom. The van der Waals surface area contributed by atoms with E-state index in [1.165, 1.54) is 11.3 Å². The maximum atomic E-state index is 11.4. The number of nitrogen functional groups attached to an aromatic ring is 1. The molecule has 0 atom stereocenters. The fourth-order valence-electron chi connectivity index (χ4n) is 1.31. The van der Waals surface area contributed by atoms with Crippen molar-refractivity contribution in [1.29, 1.82) is 0 Å². The van der Waals surface area contributed by atoms with Crippen molar-refractivity contribution in [1.82, 2.24) is 10.2 Å². The first-order chi connectivity index (χ1) is 8.20. The number of rotatable bonds is 3. The van der Waals surface area contributed by atoms with Crippen LogP contribution in [0.5, 0.6) is 0 Å². The minimum Gasteiger partial charge on any atom is -0.462 e. The van der Waals surface area contributed by atoms with Crippen LogP contribution in [0.2, 0.25) is 0 Å². The van der Waals surface area contributed by atoms with Gasteiger partial charge in [-0.2, -0.15) is 0 Å². The van der Waals surface area contributed by atoms with Gasteiger partial charge in [-0.1, -0.05) is 23.5 Å². The molecule has 5 nitrogen and oxygen atoms in total. The first kappa shape index (κ1) is 11.5. The summed E-state index contributed by atoms with van der Waals surface area (Å²) in [5.41, 5.74) is 6.91. The number of benzene rings is 1. The maximum absolute atomic E-state index is 11.4. The van der Waals surface area contributed by atoms with E-state index in [4.69, 9.17) is 10.5 Å². The molecule has 0 aliphatic carbocycles. The van der Waals surface area contributed by atoms with Crippen molar-refractivity contribution in [3.05, 3.63) is 29.8 Å². The number of hydrogen-bond acceptors (Lipinski definition) is 6. The van der Waals surface area contributed by atoms with Crippen molar-refractivity contribution >= 4 is 22.4 Å². The minimum absolute atomic E-state index is 0.323. The van der Waals surface area contributed by atoms with E-state index in [0.717, 1.165) is 10.6 Å². The smallest absolute Gasteiger partial charge is 0.338 e. The number of ether oxygens (including phenoxy) is 1. The molecule has 0 unspecified atom stereocenters. The largest absolute Gasteiger partial charge is 0.462 e. The van der Waals surface area contributed by atoms with Crippen molar-refractivity contribution < 1.29 is 9.53 Å². The second kappa shape index (κ2) is 4.92. The zero-order valence-electron chi connectivity index (χ0n) is 9.21. The van der Waals surface area contributed by atoms with Crippen molar-refractivity contribution in [3.63, 3.8) is 0 Å². The van der Waals surface area contributed by atoms with E-state index in [2.05, 4.69) is 10.2 Å². The van der Waals surface area contributed by atoms with E-state index >= 15 is 0 Å². The fraction of sp³-hybridized carbons (Fsp3) is 0.182. The average Bonchev–Trinajstić information content (AvgIpc) is 2.76. The highest BCUT2D eigenvalue weighted by Gasteiger charge is 2.08. The van der Waals surface area contributed by atoms with Crippen LogP contribution in [0.25, 0.3) is 10.6 Å². The van der Waals surface area contributed by atoms with Gasteiger partial charge in [-0.05, 0) is 19.1 Å². The van der Waals surface area contributed by atoms with Gasteiger partial charge in [0.15, 0.2) is 0 Å². The number of esters is 1. The van der Waals surface area contributed by atoms with E-state index in [-0.39, 0.29) is 5.97 Å². The van der Waals surface area contributed by atoms with Gasteiger partial charge in [0.2, 0.25) is 5.13 Å². The quantitative estimate of drug-likeness (QED) is 0.841. The normalized spacial score (nSPS) is 10.2. The molecule has 88 valence electrons. The Bertz CT molecular complexity index is 522. The van der Waals surface area contributed by atoms with Crippen molar-refractivity contribution in [2.45, 2.75) is 6.92 Å². The van der Waals surface area contributed by atoms with Gasteiger partial charge in [-0.3, -0.25) is 0 Å². The zero-order valence-corrected chi connectivity index (χ0v) is 10.0. The van der Waals surface area contributed by atoms with Gasteiger partial charge in [0.25, 0.3) is 0 Å². The summed E-state index contributed by atoms with van der Waals surface area (Å²) in [6, 6.07) is 6.99. The lowest BCUT2D eigenvalue weighted by molar-refractivity contribution is 0.0526. The molecule has 0 aliphatic heterocycles. The monoisotopic (exact) mass is 249 g/mol. The van der Waals surface area contributed by atoms with E-state index < -0.39 is 0 Å². The number of carbonyl (C=O) groups is 1. The number of nitrogens with two attached hydrogens (primary N) is 1. The molecule has 0 radical (unpaired) electrons. The molecule has 0 fully saturated rings. The van der Waals surface area contributed by atoms with Crippen LogP contribution in [0.4, 0.5) is 5.13 Å². The third-order valence-corrected chi connectivity index (χ3v) is 2.89. The topological polar surface area (TPSA) is 78.1 Å². The fourth-order valence-corrected chi connectivity index (χ4v) is 1.93. The second-order valence-corrected chi connectivity index (χ2v) is 4.25. The summed E-state index contributed by atoms with van der Waals surface area (Å²) in [5, 5.41) is 8.82. The Balaban J connectivity index is 2.21. The summed E-state index contributed by atoms with van der Waals surface area (Å²) in [5.74, 6) is -0.323. The van der Waals surface area contributed by atoms with Gasteiger partial charge in [0.05, 0.1) is 12.2 Å². The summed E-state index contributed by atoms with van der Waals surface area (Å²) < 4.78 is 4.89. The highest BCUT2D eigenvalue weighted by molar-refractivity contribution is 7.18. The highest BCUT2D eigenvalue weighted by atomic mass is 32.1. The van der Waals surface area contributed by atoms with Crippen LogP contribution in [0.15, 0.2) is 24.3 Å². The molecule has 6 heteroatoms. The molecule has 2 rings (SSSR count). The number of anilines is 1. The third kappa shape index (κ3) is 2.59. The molecule has 1 aromatic carbocycles. The van der Waals surface area contributed by atoms with Crippen molar-refractivity contribution in [2.24, 2.45) is 0 Å². The molecule has 0 saturated carbocycles. The molecule has 1 aromatic heterocycles. The molecule has 0 bridgehead atoms. The Labute approximate surface area is 102 Å². The van der Waals surface area contributed by atoms with Crippen LogP contribution >= 0.6 is 11.3 Å². The zero-order chi connectivity index (χ0) is 12.3. The lowest BCUT2D eigenvalue weighted by Gasteiger charge is -2.01. The summed E-state index contributed by atoms with van der Waals surface area (Å²) >= 11 is 1.30.